The monoisotopic (exact) mass is 244 g/mol. The zero-order chi connectivity index (χ0) is 13.0. The van der Waals surface area contributed by atoms with Gasteiger partial charge in [0.1, 0.15) is 0 Å². The SMILES string of the molecule is C=CC(=O)N1CCN(Cc2ccccc2)C(C)C1. The summed E-state index contributed by atoms with van der Waals surface area (Å²) in [5, 5.41) is 0. The van der Waals surface area contributed by atoms with Crippen molar-refractivity contribution in [1.82, 2.24) is 9.80 Å². The fourth-order valence-electron chi connectivity index (χ4n) is 2.38. The van der Waals surface area contributed by atoms with Gasteiger partial charge in [-0.05, 0) is 18.6 Å². The average molecular weight is 244 g/mol. The van der Waals surface area contributed by atoms with E-state index in [1.807, 2.05) is 11.0 Å². The quantitative estimate of drug-likeness (QED) is 0.758. The first-order valence-corrected chi connectivity index (χ1v) is 6.40. The molecule has 1 unspecified atom stereocenters. The molecule has 0 aromatic heterocycles. The third-order valence-corrected chi connectivity index (χ3v) is 3.48. The van der Waals surface area contributed by atoms with Gasteiger partial charge in [0, 0.05) is 32.2 Å². The minimum atomic E-state index is 0.0428. The largest absolute Gasteiger partial charge is 0.336 e. The second-order valence-electron chi connectivity index (χ2n) is 4.79. The van der Waals surface area contributed by atoms with E-state index in [-0.39, 0.29) is 5.91 Å². The molecule has 1 atom stereocenters. The van der Waals surface area contributed by atoms with Gasteiger partial charge in [0.25, 0.3) is 0 Å². The lowest BCUT2D eigenvalue weighted by atomic mass is 10.1. The summed E-state index contributed by atoms with van der Waals surface area (Å²) >= 11 is 0. The highest BCUT2D eigenvalue weighted by Crippen LogP contribution is 2.14. The first kappa shape index (κ1) is 12.8. The molecule has 0 saturated carbocycles. The normalized spacial score (nSPS) is 20.7. The van der Waals surface area contributed by atoms with E-state index in [1.165, 1.54) is 11.6 Å². The number of carbonyl (C=O) groups is 1. The maximum absolute atomic E-state index is 11.6. The highest BCUT2D eigenvalue weighted by Gasteiger charge is 2.25. The first-order chi connectivity index (χ1) is 8.70. The van der Waals surface area contributed by atoms with E-state index in [1.54, 1.807) is 0 Å². The van der Waals surface area contributed by atoms with Crippen LogP contribution in [0.5, 0.6) is 0 Å². The highest BCUT2D eigenvalue weighted by molar-refractivity contribution is 5.87. The summed E-state index contributed by atoms with van der Waals surface area (Å²) < 4.78 is 0. The second kappa shape index (κ2) is 5.83. The van der Waals surface area contributed by atoms with Gasteiger partial charge in [0.05, 0.1) is 0 Å². The van der Waals surface area contributed by atoms with E-state index >= 15 is 0 Å². The Morgan fingerprint density at radius 2 is 2.11 bits per heavy atom. The molecular weight excluding hydrogens is 224 g/mol. The van der Waals surface area contributed by atoms with Gasteiger partial charge in [-0.15, -0.1) is 0 Å². The number of carbonyl (C=O) groups excluding carboxylic acids is 1. The predicted octanol–water partition coefficient (Wildman–Crippen LogP) is 1.91. The fraction of sp³-hybridized carbons (Fsp3) is 0.400. The van der Waals surface area contributed by atoms with Gasteiger partial charge in [-0.1, -0.05) is 36.9 Å². The molecule has 0 radical (unpaired) electrons. The molecule has 0 N–H and O–H groups in total. The molecule has 0 spiro atoms. The van der Waals surface area contributed by atoms with Crippen LogP contribution in [-0.4, -0.2) is 41.4 Å². The molecule has 3 nitrogen and oxygen atoms in total. The Balaban J connectivity index is 1.94. The molecule has 0 bridgehead atoms. The zero-order valence-corrected chi connectivity index (χ0v) is 10.9. The summed E-state index contributed by atoms with van der Waals surface area (Å²) in [4.78, 5) is 15.9. The van der Waals surface area contributed by atoms with Crippen LogP contribution in [-0.2, 0) is 11.3 Å². The molecule has 96 valence electrons. The molecule has 1 aliphatic rings. The molecule has 1 aromatic carbocycles. The van der Waals surface area contributed by atoms with E-state index in [9.17, 15) is 4.79 Å². The van der Waals surface area contributed by atoms with E-state index in [2.05, 4.69) is 42.7 Å². The fourth-order valence-corrected chi connectivity index (χ4v) is 2.38. The Bertz CT molecular complexity index is 416. The summed E-state index contributed by atoms with van der Waals surface area (Å²) in [7, 11) is 0. The average Bonchev–Trinajstić information content (AvgIpc) is 2.41. The van der Waals surface area contributed by atoms with Gasteiger partial charge in [0.2, 0.25) is 5.91 Å². The van der Waals surface area contributed by atoms with Crippen molar-refractivity contribution in [3.8, 4) is 0 Å². The lowest BCUT2D eigenvalue weighted by Crippen LogP contribution is -2.52. The first-order valence-electron chi connectivity index (χ1n) is 6.40. The maximum Gasteiger partial charge on any atom is 0.246 e. The Hall–Kier alpha value is -1.61. The van der Waals surface area contributed by atoms with E-state index < -0.39 is 0 Å². The van der Waals surface area contributed by atoms with Crippen molar-refractivity contribution < 1.29 is 4.79 Å². The van der Waals surface area contributed by atoms with Crippen molar-refractivity contribution in [2.24, 2.45) is 0 Å². The third kappa shape index (κ3) is 2.99. The molecule has 1 saturated heterocycles. The van der Waals surface area contributed by atoms with E-state index in [4.69, 9.17) is 0 Å². The summed E-state index contributed by atoms with van der Waals surface area (Å²) in [6.07, 6.45) is 1.40. The zero-order valence-electron chi connectivity index (χ0n) is 10.9. The molecule has 3 heteroatoms. The van der Waals surface area contributed by atoms with Crippen LogP contribution >= 0.6 is 0 Å². The maximum atomic E-state index is 11.6. The molecule has 1 aliphatic heterocycles. The van der Waals surface area contributed by atoms with Crippen LogP contribution in [0.25, 0.3) is 0 Å². The molecule has 2 rings (SSSR count). The van der Waals surface area contributed by atoms with Crippen LogP contribution in [0.3, 0.4) is 0 Å². The molecule has 1 fully saturated rings. The molecular formula is C15H20N2O. The van der Waals surface area contributed by atoms with Crippen LogP contribution in [0, 0.1) is 0 Å². The van der Waals surface area contributed by atoms with Gasteiger partial charge in [-0.3, -0.25) is 9.69 Å². The van der Waals surface area contributed by atoms with Gasteiger partial charge >= 0.3 is 0 Å². The number of amides is 1. The lowest BCUT2D eigenvalue weighted by Gasteiger charge is -2.39. The minimum absolute atomic E-state index is 0.0428. The van der Waals surface area contributed by atoms with Crippen LogP contribution in [0.4, 0.5) is 0 Å². The molecule has 18 heavy (non-hydrogen) atoms. The lowest BCUT2D eigenvalue weighted by molar-refractivity contribution is -0.128. The Kier molecular flexibility index (Phi) is 4.15. The van der Waals surface area contributed by atoms with E-state index in [0.29, 0.717) is 6.04 Å². The van der Waals surface area contributed by atoms with E-state index in [0.717, 1.165) is 26.2 Å². The van der Waals surface area contributed by atoms with Crippen LogP contribution in [0.2, 0.25) is 0 Å². The predicted molar refractivity (Wildman–Crippen MR) is 73.1 cm³/mol. The van der Waals surface area contributed by atoms with Crippen LogP contribution in [0.15, 0.2) is 43.0 Å². The number of benzene rings is 1. The van der Waals surface area contributed by atoms with Crippen molar-refractivity contribution in [3.05, 3.63) is 48.6 Å². The van der Waals surface area contributed by atoms with Crippen molar-refractivity contribution in [1.29, 1.82) is 0 Å². The van der Waals surface area contributed by atoms with Crippen LogP contribution in [0.1, 0.15) is 12.5 Å². The van der Waals surface area contributed by atoms with Crippen LogP contribution < -0.4 is 0 Å². The van der Waals surface area contributed by atoms with Crippen molar-refractivity contribution in [2.75, 3.05) is 19.6 Å². The third-order valence-electron chi connectivity index (χ3n) is 3.48. The van der Waals surface area contributed by atoms with Gasteiger partial charge in [-0.25, -0.2) is 0 Å². The molecule has 1 amide bonds. The van der Waals surface area contributed by atoms with Crippen molar-refractivity contribution >= 4 is 5.91 Å². The van der Waals surface area contributed by atoms with Crippen molar-refractivity contribution in [3.63, 3.8) is 0 Å². The summed E-state index contributed by atoms with van der Waals surface area (Å²) in [5.74, 6) is 0.0428. The molecule has 1 aromatic rings. The Labute approximate surface area is 109 Å². The number of hydrogen-bond acceptors (Lipinski definition) is 2. The highest BCUT2D eigenvalue weighted by atomic mass is 16.2. The second-order valence-corrected chi connectivity index (χ2v) is 4.79. The minimum Gasteiger partial charge on any atom is -0.336 e. The van der Waals surface area contributed by atoms with Crippen molar-refractivity contribution in [2.45, 2.75) is 19.5 Å². The Morgan fingerprint density at radius 1 is 1.39 bits per heavy atom. The smallest absolute Gasteiger partial charge is 0.246 e. The summed E-state index contributed by atoms with van der Waals surface area (Å²) in [6.45, 7) is 9.18. The van der Waals surface area contributed by atoms with Gasteiger partial charge < -0.3 is 4.90 Å². The summed E-state index contributed by atoms with van der Waals surface area (Å²) in [6, 6.07) is 10.9. The standard InChI is InChI=1S/C15H20N2O/c1-3-15(18)17-10-9-16(13(2)11-17)12-14-7-5-4-6-8-14/h3-8,13H,1,9-12H2,2H3. The number of rotatable bonds is 3. The van der Waals surface area contributed by atoms with Gasteiger partial charge in [0.15, 0.2) is 0 Å². The number of hydrogen-bond donors (Lipinski definition) is 0. The van der Waals surface area contributed by atoms with Gasteiger partial charge in [-0.2, -0.15) is 0 Å². The molecule has 0 aliphatic carbocycles. The Morgan fingerprint density at radius 3 is 2.72 bits per heavy atom. The topological polar surface area (TPSA) is 23.6 Å². The summed E-state index contributed by atoms with van der Waals surface area (Å²) in [5.41, 5.74) is 1.33. The number of piperazine rings is 1. The molecule has 1 heterocycles. The number of nitrogens with zero attached hydrogens (tertiary/aromatic N) is 2.